The molecule has 5 nitrogen and oxygen atoms in total. The van der Waals surface area contributed by atoms with E-state index in [2.05, 4.69) is 10.6 Å². The summed E-state index contributed by atoms with van der Waals surface area (Å²) in [5.74, 6) is -0.0976. The lowest BCUT2D eigenvalue weighted by Gasteiger charge is -2.18. The molecule has 30 heavy (non-hydrogen) atoms. The first kappa shape index (κ1) is 21.4. The zero-order valence-corrected chi connectivity index (χ0v) is 17.5. The van der Waals surface area contributed by atoms with Gasteiger partial charge < -0.3 is 15.4 Å². The zero-order chi connectivity index (χ0) is 21.5. The van der Waals surface area contributed by atoms with E-state index >= 15 is 0 Å². The van der Waals surface area contributed by atoms with Gasteiger partial charge >= 0.3 is 0 Å². The minimum absolute atomic E-state index is 0.172. The highest BCUT2D eigenvalue weighted by atomic mass is 35.5. The molecule has 0 saturated heterocycles. The second-order valence-electron chi connectivity index (χ2n) is 6.85. The number of amides is 2. The molecule has 6 heteroatoms. The van der Waals surface area contributed by atoms with Gasteiger partial charge in [-0.05, 0) is 55.8 Å². The number of halogens is 1. The van der Waals surface area contributed by atoms with Crippen LogP contribution >= 0.6 is 11.6 Å². The number of anilines is 1. The predicted molar refractivity (Wildman–Crippen MR) is 119 cm³/mol. The summed E-state index contributed by atoms with van der Waals surface area (Å²) in [6.07, 6.45) is -0.759. The van der Waals surface area contributed by atoms with Crippen LogP contribution in [0.15, 0.2) is 78.9 Å². The summed E-state index contributed by atoms with van der Waals surface area (Å²) in [6, 6.07) is 23.2. The molecule has 3 aromatic carbocycles. The van der Waals surface area contributed by atoms with Crippen molar-refractivity contribution in [3.8, 4) is 5.75 Å². The van der Waals surface area contributed by atoms with Gasteiger partial charge in [0.25, 0.3) is 11.8 Å². The van der Waals surface area contributed by atoms with E-state index in [1.807, 2.05) is 37.3 Å². The Kier molecular flexibility index (Phi) is 7.09. The summed E-state index contributed by atoms with van der Waals surface area (Å²) < 4.78 is 5.65. The van der Waals surface area contributed by atoms with Gasteiger partial charge in [-0.25, -0.2) is 0 Å². The number of nitrogens with one attached hydrogen (secondary N) is 2. The average Bonchev–Trinajstić information content (AvgIpc) is 2.76. The summed E-state index contributed by atoms with van der Waals surface area (Å²) >= 11 is 5.87. The first-order chi connectivity index (χ1) is 14.4. The molecule has 2 amide bonds. The van der Waals surface area contributed by atoms with Gasteiger partial charge in [0.05, 0.1) is 17.3 Å². The molecule has 0 saturated carbocycles. The Morgan fingerprint density at radius 2 is 1.50 bits per heavy atom. The molecule has 2 unspecified atom stereocenters. The van der Waals surface area contributed by atoms with E-state index in [-0.39, 0.29) is 17.9 Å². The van der Waals surface area contributed by atoms with Crippen LogP contribution in [0, 0.1) is 0 Å². The third-order valence-electron chi connectivity index (χ3n) is 4.57. The van der Waals surface area contributed by atoms with E-state index in [0.29, 0.717) is 22.0 Å². The van der Waals surface area contributed by atoms with E-state index in [1.165, 1.54) is 0 Å². The summed E-state index contributed by atoms with van der Waals surface area (Å²) in [5, 5.41) is 6.34. The standard InChI is InChI=1S/C24H23ClN2O3/c1-16(18-8-4-3-5-9-18)26-24(29)21-10-6-7-11-22(21)27-23(28)17(2)30-20-14-12-19(25)13-15-20/h3-17H,1-2H3,(H,26,29)(H,27,28). The molecule has 0 heterocycles. The topological polar surface area (TPSA) is 67.4 Å². The van der Waals surface area contributed by atoms with Crippen LogP contribution < -0.4 is 15.4 Å². The Labute approximate surface area is 181 Å². The van der Waals surface area contributed by atoms with E-state index in [9.17, 15) is 9.59 Å². The first-order valence-electron chi connectivity index (χ1n) is 9.62. The summed E-state index contributed by atoms with van der Waals surface area (Å²) in [5.41, 5.74) is 1.80. The highest BCUT2D eigenvalue weighted by Gasteiger charge is 2.19. The van der Waals surface area contributed by atoms with Gasteiger partial charge in [0.2, 0.25) is 0 Å². The number of carbonyl (C=O) groups is 2. The Bertz CT molecular complexity index is 1010. The number of carbonyl (C=O) groups excluding carboxylic acids is 2. The molecular formula is C24H23ClN2O3. The Morgan fingerprint density at radius 1 is 0.867 bits per heavy atom. The third kappa shape index (κ3) is 5.61. The lowest BCUT2D eigenvalue weighted by Crippen LogP contribution is -2.32. The predicted octanol–water partition coefficient (Wildman–Crippen LogP) is 5.24. The van der Waals surface area contributed by atoms with Gasteiger partial charge in [0.1, 0.15) is 5.75 Å². The van der Waals surface area contributed by atoms with Gasteiger partial charge in [0.15, 0.2) is 6.10 Å². The fourth-order valence-electron chi connectivity index (χ4n) is 2.89. The number of rotatable bonds is 7. The van der Waals surface area contributed by atoms with Crippen molar-refractivity contribution in [2.75, 3.05) is 5.32 Å². The maximum absolute atomic E-state index is 12.8. The van der Waals surface area contributed by atoms with Crippen molar-refractivity contribution in [3.05, 3.63) is 95.0 Å². The second kappa shape index (κ2) is 9.94. The second-order valence-corrected chi connectivity index (χ2v) is 7.29. The van der Waals surface area contributed by atoms with Gasteiger partial charge in [-0.3, -0.25) is 9.59 Å². The number of ether oxygens (including phenoxy) is 1. The summed E-state index contributed by atoms with van der Waals surface area (Å²) in [6.45, 7) is 3.56. The molecule has 0 aliphatic rings. The van der Waals surface area contributed by atoms with Crippen molar-refractivity contribution in [1.29, 1.82) is 0 Å². The molecule has 0 aromatic heterocycles. The Hall–Kier alpha value is -3.31. The van der Waals surface area contributed by atoms with Crippen LogP contribution in [0.3, 0.4) is 0 Å². The van der Waals surface area contributed by atoms with E-state index in [4.69, 9.17) is 16.3 Å². The molecule has 2 atom stereocenters. The minimum atomic E-state index is -0.759. The van der Waals surface area contributed by atoms with Crippen molar-refractivity contribution in [1.82, 2.24) is 5.32 Å². The van der Waals surface area contributed by atoms with Crippen molar-refractivity contribution < 1.29 is 14.3 Å². The van der Waals surface area contributed by atoms with Crippen LogP contribution in [-0.2, 0) is 4.79 Å². The number of hydrogen-bond acceptors (Lipinski definition) is 3. The largest absolute Gasteiger partial charge is 0.481 e. The van der Waals surface area contributed by atoms with Crippen molar-refractivity contribution in [2.24, 2.45) is 0 Å². The van der Waals surface area contributed by atoms with Gasteiger partial charge in [0, 0.05) is 5.02 Å². The number of hydrogen-bond donors (Lipinski definition) is 2. The maximum atomic E-state index is 12.8. The van der Waals surface area contributed by atoms with Crippen LogP contribution in [0.1, 0.15) is 35.8 Å². The summed E-state index contributed by atoms with van der Waals surface area (Å²) in [4.78, 5) is 25.4. The van der Waals surface area contributed by atoms with Gasteiger partial charge in [-0.1, -0.05) is 54.1 Å². The number of para-hydroxylation sites is 1. The molecule has 0 spiro atoms. The normalized spacial score (nSPS) is 12.5. The van der Waals surface area contributed by atoms with Gasteiger partial charge in [-0.2, -0.15) is 0 Å². The number of benzene rings is 3. The smallest absolute Gasteiger partial charge is 0.265 e. The fraction of sp³-hybridized carbons (Fsp3) is 0.167. The highest BCUT2D eigenvalue weighted by Crippen LogP contribution is 2.20. The molecule has 0 bridgehead atoms. The van der Waals surface area contributed by atoms with Crippen LogP contribution in [0.4, 0.5) is 5.69 Å². The van der Waals surface area contributed by atoms with Crippen molar-refractivity contribution >= 4 is 29.1 Å². The van der Waals surface area contributed by atoms with Crippen LogP contribution in [0.2, 0.25) is 5.02 Å². The van der Waals surface area contributed by atoms with E-state index in [1.54, 1.807) is 55.5 Å². The molecule has 154 valence electrons. The maximum Gasteiger partial charge on any atom is 0.265 e. The summed E-state index contributed by atoms with van der Waals surface area (Å²) in [7, 11) is 0. The van der Waals surface area contributed by atoms with Crippen LogP contribution in [0.5, 0.6) is 5.75 Å². The Morgan fingerprint density at radius 3 is 2.20 bits per heavy atom. The van der Waals surface area contributed by atoms with E-state index < -0.39 is 6.10 Å². The minimum Gasteiger partial charge on any atom is -0.481 e. The van der Waals surface area contributed by atoms with E-state index in [0.717, 1.165) is 5.56 Å². The molecule has 3 aromatic rings. The lowest BCUT2D eigenvalue weighted by molar-refractivity contribution is -0.122. The molecule has 0 radical (unpaired) electrons. The zero-order valence-electron chi connectivity index (χ0n) is 16.8. The van der Waals surface area contributed by atoms with Crippen LogP contribution in [0.25, 0.3) is 0 Å². The van der Waals surface area contributed by atoms with Crippen molar-refractivity contribution in [3.63, 3.8) is 0 Å². The first-order valence-corrected chi connectivity index (χ1v) is 10.00. The molecule has 0 fully saturated rings. The monoisotopic (exact) mass is 422 g/mol. The molecule has 0 aliphatic heterocycles. The van der Waals surface area contributed by atoms with Gasteiger partial charge in [-0.15, -0.1) is 0 Å². The third-order valence-corrected chi connectivity index (χ3v) is 4.82. The average molecular weight is 423 g/mol. The lowest BCUT2D eigenvalue weighted by atomic mass is 10.1. The van der Waals surface area contributed by atoms with Crippen molar-refractivity contribution in [2.45, 2.75) is 26.0 Å². The van der Waals surface area contributed by atoms with Crippen LogP contribution in [-0.4, -0.2) is 17.9 Å². The molecule has 0 aliphatic carbocycles. The SMILES string of the molecule is CC(Oc1ccc(Cl)cc1)C(=O)Nc1ccccc1C(=O)NC(C)c1ccccc1. The molecular weight excluding hydrogens is 400 g/mol. The highest BCUT2D eigenvalue weighted by molar-refractivity contribution is 6.30. The molecule has 2 N–H and O–H groups in total. The quantitative estimate of drug-likeness (QED) is 0.547. The Balaban J connectivity index is 1.67. The fourth-order valence-corrected chi connectivity index (χ4v) is 3.02. The molecule has 3 rings (SSSR count).